The van der Waals surface area contributed by atoms with Gasteiger partial charge in [0.15, 0.2) is 16.8 Å². The lowest BCUT2D eigenvalue weighted by molar-refractivity contribution is -0.125. The number of nitrogens with zero attached hydrogens (tertiary/aromatic N) is 1. The summed E-state index contributed by atoms with van der Waals surface area (Å²) >= 11 is 17.3. The van der Waals surface area contributed by atoms with Crippen LogP contribution in [0.4, 0.5) is 5.69 Å². The molecule has 0 fully saturated rings. The molecule has 1 amide bonds. The van der Waals surface area contributed by atoms with Crippen LogP contribution in [0.5, 0.6) is 5.75 Å². The summed E-state index contributed by atoms with van der Waals surface area (Å²) in [6, 6.07) is 18.4. The Bertz CT molecular complexity index is 1430. The predicted octanol–water partition coefficient (Wildman–Crippen LogP) is 7.38. The highest BCUT2D eigenvalue weighted by Gasteiger charge is 2.18. The summed E-state index contributed by atoms with van der Waals surface area (Å²) in [5.74, 6) is 0.454. The van der Waals surface area contributed by atoms with Gasteiger partial charge in [0.25, 0.3) is 5.91 Å². The molecule has 186 valence electrons. The third kappa shape index (κ3) is 6.16. The van der Waals surface area contributed by atoms with Gasteiger partial charge in [-0.2, -0.15) is 0 Å². The first-order valence-electron chi connectivity index (χ1n) is 11.2. The SMILES string of the molecule is CC(Oc1ccc(Cl)cc1Cl)C(=O)NC(=S)Nc1ccc2oc(-c3ccc(C(C)(C)C)cc3)nc2c1. The molecule has 1 heterocycles. The highest BCUT2D eigenvalue weighted by atomic mass is 35.5. The van der Waals surface area contributed by atoms with E-state index in [2.05, 4.69) is 48.5 Å². The van der Waals surface area contributed by atoms with Crippen molar-refractivity contribution >= 4 is 63.2 Å². The first-order valence-corrected chi connectivity index (χ1v) is 12.4. The first kappa shape index (κ1) is 25.9. The Morgan fingerprint density at radius 2 is 1.78 bits per heavy atom. The van der Waals surface area contributed by atoms with Crippen molar-refractivity contribution in [2.75, 3.05) is 5.32 Å². The number of hydrogen-bond donors (Lipinski definition) is 2. The normalized spacial score (nSPS) is 12.3. The van der Waals surface area contributed by atoms with Crippen LogP contribution in [0.2, 0.25) is 10.0 Å². The molecule has 1 aromatic heterocycles. The maximum absolute atomic E-state index is 12.5. The molecule has 0 aliphatic carbocycles. The number of carbonyl (C=O) groups excluding carboxylic acids is 1. The van der Waals surface area contributed by atoms with Gasteiger partial charge in [-0.1, -0.05) is 56.1 Å². The lowest BCUT2D eigenvalue weighted by atomic mass is 9.87. The highest BCUT2D eigenvalue weighted by Crippen LogP contribution is 2.30. The summed E-state index contributed by atoms with van der Waals surface area (Å²) in [5.41, 5.74) is 4.17. The van der Waals surface area contributed by atoms with Crippen molar-refractivity contribution in [2.24, 2.45) is 0 Å². The number of hydrogen-bond acceptors (Lipinski definition) is 5. The van der Waals surface area contributed by atoms with Crippen LogP contribution in [0, 0.1) is 0 Å². The Kier molecular flexibility index (Phi) is 7.54. The van der Waals surface area contributed by atoms with Gasteiger partial charge in [-0.25, -0.2) is 4.98 Å². The van der Waals surface area contributed by atoms with E-state index >= 15 is 0 Å². The van der Waals surface area contributed by atoms with E-state index in [0.717, 1.165) is 5.56 Å². The van der Waals surface area contributed by atoms with E-state index in [-0.39, 0.29) is 10.5 Å². The molecule has 4 aromatic rings. The zero-order valence-corrected chi connectivity index (χ0v) is 22.5. The highest BCUT2D eigenvalue weighted by molar-refractivity contribution is 7.80. The Hall–Kier alpha value is -3.13. The number of amides is 1. The molecular formula is C27H25Cl2N3O3S. The Morgan fingerprint density at radius 1 is 1.06 bits per heavy atom. The summed E-state index contributed by atoms with van der Waals surface area (Å²) in [5, 5.41) is 6.53. The lowest BCUT2D eigenvalue weighted by Gasteiger charge is -2.18. The van der Waals surface area contributed by atoms with Gasteiger partial charge in [0.1, 0.15) is 11.3 Å². The van der Waals surface area contributed by atoms with Crippen molar-refractivity contribution in [1.82, 2.24) is 10.3 Å². The molecule has 1 atom stereocenters. The molecule has 6 nitrogen and oxygen atoms in total. The zero-order valence-electron chi connectivity index (χ0n) is 20.2. The Morgan fingerprint density at radius 3 is 2.44 bits per heavy atom. The molecule has 0 spiro atoms. The van der Waals surface area contributed by atoms with Crippen LogP contribution in [0.15, 0.2) is 65.1 Å². The number of carbonyl (C=O) groups is 1. The fraction of sp³-hybridized carbons (Fsp3) is 0.222. The summed E-state index contributed by atoms with van der Waals surface area (Å²) in [6.07, 6.45) is -0.839. The van der Waals surface area contributed by atoms with Gasteiger partial charge in [-0.3, -0.25) is 10.1 Å². The van der Waals surface area contributed by atoms with E-state index in [0.29, 0.717) is 38.5 Å². The number of rotatable bonds is 5. The quantitative estimate of drug-likeness (QED) is 0.256. The van der Waals surface area contributed by atoms with Crippen molar-refractivity contribution in [2.45, 2.75) is 39.2 Å². The molecule has 9 heteroatoms. The van der Waals surface area contributed by atoms with E-state index in [4.69, 9.17) is 44.6 Å². The fourth-order valence-electron chi connectivity index (χ4n) is 3.43. The van der Waals surface area contributed by atoms with Crippen LogP contribution < -0.4 is 15.4 Å². The smallest absolute Gasteiger partial charge is 0.266 e. The van der Waals surface area contributed by atoms with Crippen LogP contribution in [-0.2, 0) is 10.2 Å². The maximum atomic E-state index is 12.5. The van der Waals surface area contributed by atoms with Gasteiger partial charge in [-0.15, -0.1) is 0 Å². The molecule has 0 saturated heterocycles. The second-order valence-corrected chi connectivity index (χ2v) is 10.6. The first-order chi connectivity index (χ1) is 17.0. The monoisotopic (exact) mass is 541 g/mol. The second kappa shape index (κ2) is 10.5. The van der Waals surface area contributed by atoms with Crippen LogP contribution in [0.25, 0.3) is 22.6 Å². The second-order valence-electron chi connectivity index (χ2n) is 9.31. The molecule has 0 saturated carbocycles. The fourth-order valence-corrected chi connectivity index (χ4v) is 4.10. The van der Waals surface area contributed by atoms with Crippen LogP contribution in [-0.4, -0.2) is 22.1 Å². The van der Waals surface area contributed by atoms with Gasteiger partial charge in [0.05, 0.1) is 5.02 Å². The van der Waals surface area contributed by atoms with Crippen molar-refractivity contribution in [3.8, 4) is 17.2 Å². The number of benzene rings is 3. The number of halogens is 2. The molecular weight excluding hydrogens is 517 g/mol. The van der Waals surface area contributed by atoms with Crippen LogP contribution >= 0.6 is 35.4 Å². The molecule has 2 N–H and O–H groups in total. The van der Waals surface area contributed by atoms with Crippen molar-refractivity contribution < 1.29 is 13.9 Å². The minimum absolute atomic E-state index is 0.0705. The topological polar surface area (TPSA) is 76.4 Å². The molecule has 0 aliphatic rings. The lowest BCUT2D eigenvalue weighted by Crippen LogP contribution is -2.42. The van der Waals surface area contributed by atoms with E-state index < -0.39 is 12.0 Å². The molecule has 0 aliphatic heterocycles. The average Bonchev–Trinajstić information content (AvgIpc) is 3.23. The molecule has 3 aromatic carbocycles. The van der Waals surface area contributed by atoms with E-state index in [1.807, 2.05) is 12.1 Å². The predicted molar refractivity (Wildman–Crippen MR) is 149 cm³/mol. The minimum Gasteiger partial charge on any atom is -0.479 e. The van der Waals surface area contributed by atoms with Crippen LogP contribution in [0.3, 0.4) is 0 Å². The molecule has 36 heavy (non-hydrogen) atoms. The molecule has 0 radical (unpaired) electrons. The number of aromatic nitrogens is 1. The Labute approximate surface area is 225 Å². The number of thiocarbonyl (C=S) groups is 1. The van der Waals surface area contributed by atoms with E-state index in [1.54, 1.807) is 43.3 Å². The van der Waals surface area contributed by atoms with Gasteiger partial charge < -0.3 is 14.5 Å². The third-order valence-electron chi connectivity index (χ3n) is 5.45. The summed E-state index contributed by atoms with van der Waals surface area (Å²) in [6.45, 7) is 8.11. The van der Waals surface area contributed by atoms with E-state index in [1.165, 1.54) is 5.56 Å². The van der Waals surface area contributed by atoms with Crippen LogP contribution in [0.1, 0.15) is 33.3 Å². The van der Waals surface area contributed by atoms with Gasteiger partial charge in [0.2, 0.25) is 5.89 Å². The number of ether oxygens (including phenoxy) is 1. The van der Waals surface area contributed by atoms with Crippen molar-refractivity contribution in [1.29, 1.82) is 0 Å². The maximum Gasteiger partial charge on any atom is 0.266 e. The standard InChI is InChI=1S/C27H25Cl2N3O3S/c1-15(34-22-11-9-18(28)13-20(22)29)24(33)32-26(36)30-19-10-12-23-21(14-19)31-25(35-23)16-5-7-17(8-6-16)27(2,3)4/h5-15H,1-4H3,(H2,30,32,33,36). The molecule has 0 bridgehead atoms. The Balaban J connectivity index is 1.40. The average molecular weight is 542 g/mol. The van der Waals surface area contributed by atoms with Crippen molar-refractivity contribution in [3.63, 3.8) is 0 Å². The van der Waals surface area contributed by atoms with Crippen molar-refractivity contribution in [3.05, 3.63) is 76.3 Å². The van der Waals surface area contributed by atoms with Gasteiger partial charge in [-0.05, 0) is 78.7 Å². The number of oxazole rings is 1. The summed E-state index contributed by atoms with van der Waals surface area (Å²) in [7, 11) is 0. The number of nitrogens with one attached hydrogen (secondary N) is 2. The molecule has 1 unspecified atom stereocenters. The molecule has 4 rings (SSSR count). The number of anilines is 1. The van der Waals surface area contributed by atoms with Gasteiger partial charge in [0, 0.05) is 16.3 Å². The third-order valence-corrected chi connectivity index (χ3v) is 6.18. The summed E-state index contributed by atoms with van der Waals surface area (Å²) in [4.78, 5) is 17.1. The number of fused-ring (bicyclic) bond motifs is 1. The summed E-state index contributed by atoms with van der Waals surface area (Å²) < 4.78 is 11.6. The largest absolute Gasteiger partial charge is 0.479 e. The minimum atomic E-state index is -0.839. The van der Waals surface area contributed by atoms with Gasteiger partial charge >= 0.3 is 0 Å². The zero-order chi connectivity index (χ0) is 26.0. The van der Waals surface area contributed by atoms with E-state index in [9.17, 15) is 4.79 Å².